The maximum Gasteiger partial charge on any atom is 0.407 e. The standard InChI is InChI=1S/C40H61NO13/c42-40(54-33-38-36-9-3-1-7-34(36)35-8-2-4-10-37(35)38)41-12-14-43-15-16-44-17-18-45-19-20-46-21-22-47-23-24-48-25-26-49-27-28-50-29-30-51-31-32-53-39-11-5-6-13-52-39/h1-4,7-10,38-39H,5-6,11-33H2,(H,41,42). The van der Waals surface area contributed by atoms with E-state index in [4.69, 9.17) is 56.8 Å². The lowest BCUT2D eigenvalue weighted by atomic mass is 9.98. The molecule has 1 N–H and O–H groups in total. The van der Waals surface area contributed by atoms with Gasteiger partial charge in [0, 0.05) is 19.1 Å². The molecule has 2 aromatic rings. The lowest BCUT2D eigenvalue weighted by molar-refractivity contribution is -0.169. The van der Waals surface area contributed by atoms with Crippen molar-refractivity contribution in [3.8, 4) is 11.1 Å². The molecule has 304 valence electrons. The van der Waals surface area contributed by atoms with Crippen LogP contribution in [0.15, 0.2) is 48.5 Å². The van der Waals surface area contributed by atoms with E-state index in [0.29, 0.717) is 132 Å². The molecule has 2 aliphatic rings. The minimum absolute atomic E-state index is 0.0377. The van der Waals surface area contributed by atoms with Gasteiger partial charge in [0.05, 0.1) is 126 Å². The summed E-state index contributed by atoms with van der Waals surface area (Å²) in [5, 5.41) is 2.74. The van der Waals surface area contributed by atoms with Crippen molar-refractivity contribution in [2.75, 3.05) is 145 Å². The van der Waals surface area contributed by atoms with E-state index >= 15 is 0 Å². The van der Waals surface area contributed by atoms with Gasteiger partial charge in [-0.25, -0.2) is 4.79 Å². The molecule has 0 aromatic heterocycles. The predicted molar refractivity (Wildman–Crippen MR) is 200 cm³/mol. The van der Waals surface area contributed by atoms with Crippen LogP contribution in [-0.4, -0.2) is 158 Å². The topological polar surface area (TPSA) is 140 Å². The van der Waals surface area contributed by atoms with Crippen LogP contribution in [0, 0.1) is 0 Å². The number of fused-ring (bicyclic) bond motifs is 3. The Morgan fingerprint density at radius 3 is 1.37 bits per heavy atom. The van der Waals surface area contributed by atoms with Crippen molar-refractivity contribution in [2.24, 2.45) is 0 Å². The van der Waals surface area contributed by atoms with Gasteiger partial charge in [0.25, 0.3) is 0 Å². The Labute approximate surface area is 320 Å². The second-order valence-electron chi connectivity index (χ2n) is 12.4. The fourth-order valence-corrected chi connectivity index (χ4v) is 5.82. The molecule has 1 unspecified atom stereocenters. The highest BCUT2D eigenvalue weighted by molar-refractivity contribution is 5.79. The Hall–Kier alpha value is -2.73. The maximum atomic E-state index is 12.2. The van der Waals surface area contributed by atoms with Crippen LogP contribution in [0.5, 0.6) is 0 Å². The van der Waals surface area contributed by atoms with E-state index in [1.54, 1.807) is 0 Å². The third-order valence-corrected chi connectivity index (χ3v) is 8.50. The van der Waals surface area contributed by atoms with Crippen molar-refractivity contribution in [2.45, 2.75) is 31.5 Å². The number of benzene rings is 2. The number of alkyl carbamates (subject to hydrolysis) is 1. The highest BCUT2D eigenvalue weighted by Gasteiger charge is 2.29. The van der Waals surface area contributed by atoms with Crippen LogP contribution in [0.1, 0.15) is 36.3 Å². The van der Waals surface area contributed by atoms with Gasteiger partial charge < -0.3 is 62.2 Å². The van der Waals surface area contributed by atoms with Crippen molar-refractivity contribution < 1.29 is 61.6 Å². The first kappa shape index (κ1) is 44.0. The average Bonchev–Trinajstić information content (AvgIpc) is 3.53. The largest absolute Gasteiger partial charge is 0.449 e. The molecular formula is C40H61NO13. The lowest BCUT2D eigenvalue weighted by Crippen LogP contribution is -2.29. The maximum absolute atomic E-state index is 12.2. The Morgan fingerprint density at radius 2 is 0.944 bits per heavy atom. The first-order valence-electron chi connectivity index (χ1n) is 19.3. The highest BCUT2D eigenvalue weighted by Crippen LogP contribution is 2.44. The number of ether oxygens (including phenoxy) is 12. The van der Waals surface area contributed by atoms with E-state index in [2.05, 4.69) is 29.6 Å². The van der Waals surface area contributed by atoms with Gasteiger partial charge in [-0.1, -0.05) is 48.5 Å². The van der Waals surface area contributed by atoms with Crippen molar-refractivity contribution in [1.82, 2.24) is 5.32 Å². The zero-order valence-electron chi connectivity index (χ0n) is 31.8. The van der Waals surface area contributed by atoms with Crippen molar-refractivity contribution in [1.29, 1.82) is 0 Å². The number of carbonyl (C=O) groups is 1. The smallest absolute Gasteiger partial charge is 0.407 e. The molecule has 14 heteroatoms. The van der Waals surface area contributed by atoms with Gasteiger partial charge in [-0.15, -0.1) is 0 Å². The normalized spacial score (nSPS) is 15.3. The molecule has 1 aliphatic heterocycles. The third kappa shape index (κ3) is 18.7. The second kappa shape index (κ2) is 29.5. The molecule has 1 amide bonds. The Balaban J connectivity index is 0.788. The molecule has 0 saturated carbocycles. The molecule has 0 spiro atoms. The summed E-state index contributed by atoms with van der Waals surface area (Å²) in [6, 6.07) is 16.5. The first-order valence-corrected chi connectivity index (χ1v) is 19.3. The minimum Gasteiger partial charge on any atom is -0.449 e. The van der Waals surface area contributed by atoms with E-state index in [1.165, 1.54) is 22.3 Å². The number of rotatable bonds is 33. The Morgan fingerprint density at radius 1 is 0.537 bits per heavy atom. The fraction of sp³-hybridized carbons (Fsp3) is 0.675. The molecule has 1 aliphatic carbocycles. The molecule has 1 atom stereocenters. The Kier molecular flexibility index (Phi) is 24.1. The van der Waals surface area contributed by atoms with Crippen LogP contribution in [0.25, 0.3) is 11.1 Å². The number of amides is 1. The highest BCUT2D eigenvalue weighted by atomic mass is 16.7. The molecule has 1 heterocycles. The second-order valence-corrected chi connectivity index (χ2v) is 12.4. The van der Waals surface area contributed by atoms with Gasteiger partial charge in [-0.2, -0.15) is 0 Å². The molecular weight excluding hydrogens is 702 g/mol. The van der Waals surface area contributed by atoms with Crippen LogP contribution < -0.4 is 5.32 Å². The third-order valence-electron chi connectivity index (χ3n) is 8.50. The molecule has 2 aromatic carbocycles. The Bertz CT molecular complexity index is 1190. The summed E-state index contributed by atoms with van der Waals surface area (Å²) in [7, 11) is 0. The van der Waals surface area contributed by atoms with Crippen molar-refractivity contribution in [3.63, 3.8) is 0 Å². The molecule has 1 fully saturated rings. The number of carbonyl (C=O) groups excluding carboxylic acids is 1. The first-order chi connectivity index (χ1) is 26.8. The SMILES string of the molecule is O=C(NCCOCCOCCOCCOCCOCCOCCOCCOCCOCCOC1CCCCO1)OCC1c2ccccc2-c2ccccc21. The van der Waals surface area contributed by atoms with Gasteiger partial charge in [-0.05, 0) is 41.5 Å². The summed E-state index contributed by atoms with van der Waals surface area (Å²) in [5.74, 6) is 0.0377. The van der Waals surface area contributed by atoms with Crippen LogP contribution in [0.2, 0.25) is 0 Å². The lowest BCUT2D eigenvalue weighted by Gasteiger charge is -2.22. The zero-order chi connectivity index (χ0) is 37.6. The molecule has 4 rings (SSSR count). The summed E-state index contributed by atoms with van der Waals surface area (Å²) in [6.45, 7) is 10.7. The summed E-state index contributed by atoms with van der Waals surface area (Å²) in [4.78, 5) is 12.2. The van der Waals surface area contributed by atoms with E-state index < -0.39 is 6.09 Å². The summed E-state index contributed by atoms with van der Waals surface area (Å²) in [6.07, 6.45) is 2.72. The quantitative estimate of drug-likeness (QED) is 0.104. The molecule has 14 nitrogen and oxygen atoms in total. The van der Waals surface area contributed by atoms with Crippen LogP contribution in [-0.2, 0) is 56.8 Å². The van der Waals surface area contributed by atoms with Crippen LogP contribution in [0.4, 0.5) is 4.79 Å². The van der Waals surface area contributed by atoms with E-state index in [0.717, 1.165) is 25.9 Å². The number of hydrogen-bond acceptors (Lipinski definition) is 13. The molecule has 0 radical (unpaired) electrons. The van der Waals surface area contributed by atoms with Crippen LogP contribution >= 0.6 is 0 Å². The van der Waals surface area contributed by atoms with E-state index in [1.807, 2.05) is 24.3 Å². The zero-order valence-corrected chi connectivity index (χ0v) is 31.8. The molecule has 1 saturated heterocycles. The van der Waals surface area contributed by atoms with Gasteiger partial charge >= 0.3 is 6.09 Å². The van der Waals surface area contributed by atoms with E-state index in [-0.39, 0.29) is 18.8 Å². The number of hydrogen-bond donors (Lipinski definition) is 1. The molecule has 0 bridgehead atoms. The monoisotopic (exact) mass is 763 g/mol. The predicted octanol–water partition coefficient (Wildman–Crippen LogP) is 4.22. The van der Waals surface area contributed by atoms with Gasteiger partial charge in [-0.3, -0.25) is 0 Å². The summed E-state index contributed by atoms with van der Waals surface area (Å²) < 4.78 is 66.2. The van der Waals surface area contributed by atoms with Crippen LogP contribution in [0.3, 0.4) is 0 Å². The minimum atomic E-state index is -0.451. The number of nitrogens with one attached hydrogen (secondary N) is 1. The van der Waals surface area contributed by atoms with Gasteiger partial charge in [0.1, 0.15) is 6.61 Å². The molecule has 54 heavy (non-hydrogen) atoms. The van der Waals surface area contributed by atoms with E-state index in [9.17, 15) is 4.79 Å². The van der Waals surface area contributed by atoms with Gasteiger partial charge in [0.2, 0.25) is 0 Å². The average molecular weight is 764 g/mol. The van der Waals surface area contributed by atoms with Crippen molar-refractivity contribution >= 4 is 6.09 Å². The summed E-state index contributed by atoms with van der Waals surface area (Å²) in [5.41, 5.74) is 4.78. The summed E-state index contributed by atoms with van der Waals surface area (Å²) >= 11 is 0. The van der Waals surface area contributed by atoms with Gasteiger partial charge in [0.15, 0.2) is 6.29 Å². The fourth-order valence-electron chi connectivity index (χ4n) is 5.82. The van der Waals surface area contributed by atoms with Crippen molar-refractivity contribution in [3.05, 3.63) is 59.7 Å².